The highest BCUT2D eigenvalue weighted by Gasteiger charge is 2.14. The summed E-state index contributed by atoms with van der Waals surface area (Å²) in [5, 5.41) is 8.75. The molecule has 0 aliphatic rings. The second-order valence-corrected chi connectivity index (χ2v) is 4.78. The lowest BCUT2D eigenvalue weighted by Gasteiger charge is -2.10. The van der Waals surface area contributed by atoms with Crippen molar-refractivity contribution in [1.82, 2.24) is 19.1 Å². The van der Waals surface area contributed by atoms with Gasteiger partial charge in [0.15, 0.2) is 5.65 Å². The van der Waals surface area contributed by atoms with Crippen molar-refractivity contribution < 1.29 is 5.11 Å². The second-order valence-electron chi connectivity index (χ2n) is 4.78. The highest BCUT2D eigenvalue weighted by atomic mass is 16.3. The van der Waals surface area contributed by atoms with Crippen molar-refractivity contribution >= 4 is 11.2 Å². The maximum Gasteiger partial charge on any atom is 0.332 e. The summed E-state index contributed by atoms with van der Waals surface area (Å²) >= 11 is 0. The number of imidazole rings is 1. The molecule has 0 bridgehead atoms. The zero-order valence-electron chi connectivity index (χ0n) is 11.6. The average molecular weight is 280 g/mol. The van der Waals surface area contributed by atoms with Crippen molar-refractivity contribution in [2.75, 3.05) is 6.61 Å². The first kappa shape index (κ1) is 14.5. The third-order valence-electron chi connectivity index (χ3n) is 3.28. The quantitative estimate of drug-likeness (QED) is 0.721. The van der Waals surface area contributed by atoms with Crippen LogP contribution < -0.4 is 11.2 Å². The predicted octanol–water partition coefficient (Wildman–Crippen LogP) is 0.459. The van der Waals surface area contributed by atoms with Gasteiger partial charge in [0.1, 0.15) is 5.52 Å². The molecule has 2 rings (SSSR count). The van der Waals surface area contributed by atoms with E-state index < -0.39 is 0 Å². The fourth-order valence-electron chi connectivity index (χ4n) is 2.29. The first-order valence-electron chi connectivity index (χ1n) is 6.98. The molecule has 2 heterocycles. The van der Waals surface area contributed by atoms with Gasteiger partial charge in [0.05, 0.1) is 6.33 Å². The first-order chi connectivity index (χ1) is 9.70. The molecule has 0 aliphatic carbocycles. The number of aromatic nitrogens is 4. The van der Waals surface area contributed by atoms with E-state index in [1.807, 2.05) is 6.92 Å². The number of aliphatic hydroxyl groups excluding tert-OH is 1. The van der Waals surface area contributed by atoms with Crippen LogP contribution in [-0.4, -0.2) is 30.8 Å². The molecule has 2 N–H and O–H groups in total. The number of aromatic amines is 1. The van der Waals surface area contributed by atoms with Crippen LogP contribution >= 0.6 is 0 Å². The summed E-state index contributed by atoms with van der Waals surface area (Å²) in [5.74, 6) is 0. The number of hydrogen-bond acceptors (Lipinski definition) is 4. The highest BCUT2D eigenvalue weighted by molar-refractivity contribution is 5.68. The number of unbranched alkanes of at least 4 members (excludes halogenated alkanes) is 2. The van der Waals surface area contributed by atoms with E-state index in [1.165, 1.54) is 10.9 Å². The minimum atomic E-state index is -0.321. The molecule has 0 spiro atoms. The maximum absolute atomic E-state index is 12.4. The third-order valence-corrected chi connectivity index (χ3v) is 3.28. The number of rotatable bonds is 7. The Balaban J connectivity index is 2.42. The molecule has 0 atom stereocenters. The molecule has 20 heavy (non-hydrogen) atoms. The molecule has 2 aromatic rings. The Morgan fingerprint density at radius 1 is 1.20 bits per heavy atom. The Hall–Kier alpha value is -1.89. The Labute approximate surface area is 115 Å². The molecule has 0 amide bonds. The van der Waals surface area contributed by atoms with Crippen LogP contribution in [0.1, 0.15) is 32.6 Å². The summed E-state index contributed by atoms with van der Waals surface area (Å²) in [6, 6.07) is 0. The number of nitrogens with one attached hydrogen (secondary N) is 1. The van der Waals surface area contributed by atoms with Crippen molar-refractivity contribution in [2.24, 2.45) is 0 Å². The van der Waals surface area contributed by atoms with Crippen LogP contribution in [0.2, 0.25) is 0 Å². The van der Waals surface area contributed by atoms with E-state index in [1.54, 1.807) is 4.57 Å². The minimum Gasteiger partial charge on any atom is -0.396 e. The van der Waals surface area contributed by atoms with Gasteiger partial charge in [-0.1, -0.05) is 6.92 Å². The van der Waals surface area contributed by atoms with Crippen LogP contribution in [0.15, 0.2) is 15.9 Å². The first-order valence-corrected chi connectivity index (χ1v) is 6.98. The van der Waals surface area contributed by atoms with Crippen molar-refractivity contribution in [3.05, 3.63) is 27.2 Å². The van der Waals surface area contributed by atoms with Crippen molar-refractivity contribution in [3.8, 4) is 0 Å². The van der Waals surface area contributed by atoms with Gasteiger partial charge in [0, 0.05) is 19.7 Å². The molecular formula is C13H20N4O3. The van der Waals surface area contributed by atoms with E-state index in [0.717, 1.165) is 12.8 Å². The molecule has 7 heteroatoms. The van der Waals surface area contributed by atoms with Crippen LogP contribution in [0, 0.1) is 0 Å². The van der Waals surface area contributed by atoms with Crippen molar-refractivity contribution in [2.45, 2.75) is 45.7 Å². The number of aliphatic hydroxyl groups is 1. The minimum absolute atomic E-state index is 0.133. The Morgan fingerprint density at radius 2 is 2.00 bits per heavy atom. The molecular weight excluding hydrogens is 260 g/mol. The summed E-state index contributed by atoms with van der Waals surface area (Å²) < 4.78 is 2.80. The number of nitrogens with zero attached hydrogens (tertiary/aromatic N) is 3. The molecule has 7 nitrogen and oxygen atoms in total. The van der Waals surface area contributed by atoms with E-state index in [9.17, 15) is 9.59 Å². The molecule has 0 unspecified atom stereocenters. The van der Waals surface area contributed by atoms with Crippen LogP contribution in [-0.2, 0) is 13.1 Å². The molecule has 2 aromatic heterocycles. The SMILES string of the molecule is CCCn1c(=O)n(CCCCCO)c(=O)c2[nH]cnc21. The zero-order valence-corrected chi connectivity index (χ0v) is 11.6. The molecule has 110 valence electrons. The third kappa shape index (κ3) is 2.67. The zero-order chi connectivity index (χ0) is 14.5. The fourth-order valence-corrected chi connectivity index (χ4v) is 2.29. The lowest BCUT2D eigenvalue weighted by atomic mass is 10.2. The summed E-state index contributed by atoms with van der Waals surface area (Å²) in [5.41, 5.74) is 0.174. The number of aryl methyl sites for hydroxylation is 1. The highest BCUT2D eigenvalue weighted by Crippen LogP contribution is 2.03. The monoisotopic (exact) mass is 280 g/mol. The van der Waals surface area contributed by atoms with Crippen molar-refractivity contribution in [1.29, 1.82) is 0 Å². The topological polar surface area (TPSA) is 92.9 Å². The fraction of sp³-hybridized carbons (Fsp3) is 0.615. The average Bonchev–Trinajstić information content (AvgIpc) is 2.92. The number of fused-ring (bicyclic) bond motifs is 1. The van der Waals surface area contributed by atoms with E-state index in [-0.39, 0.29) is 17.9 Å². The van der Waals surface area contributed by atoms with Crippen LogP contribution in [0.5, 0.6) is 0 Å². The molecule has 0 aliphatic heterocycles. The van der Waals surface area contributed by atoms with Crippen LogP contribution in [0.3, 0.4) is 0 Å². The van der Waals surface area contributed by atoms with Gasteiger partial charge in [-0.15, -0.1) is 0 Å². The molecule has 0 saturated carbocycles. The largest absolute Gasteiger partial charge is 0.396 e. The van der Waals surface area contributed by atoms with Gasteiger partial charge in [-0.05, 0) is 25.7 Å². The van der Waals surface area contributed by atoms with Gasteiger partial charge >= 0.3 is 5.69 Å². The maximum atomic E-state index is 12.4. The van der Waals surface area contributed by atoms with E-state index in [0.29, 0.717) is 37.1 Å². The van der Waals surface area contributed by atoms with E-state index in [2.05, 4.69) is 9.97 Å². The lowest BCUT2D eigenvalue weighted by molar-refractivity contribution is 0.281. The van der Waals surface area contributed by atoms with E-state index in [4.69, 9.17) is 5.11 Å². The summed E-state index contributed by atoms with van der Waals surface area (Å²) in [6.45, 7) is 3.02. The Bertz CT molecular complexity index is 683. The Morgan fingerprint density at radius 3 is 2.70 bits per heavy atom. The number of H-pyrrole nitrogens is 1. The van der Waals surface area contributed by atoms with Gasteiger partial charge in [-0.3, -0.25) is 13.9 Å². The normalized spacial score (nSPS) is 11.3. The molecule has 0 saturated heterocycles. The van der Waals surface area contributed by atoms with Crippen LogP contribution in [0.25, 0.3) is 11.2 Å². The van der Waals surface area contributed by atoms with E-state index >= 15 is 0 Å². The summed E-state index contributed by atoms with van der Waals surface area (Å²) in [6.07, 6.45) is 4.40. The van der Waals surface area contributed by atoms with Gasteiger partial charge < -0.3 is 10.1 Å². The summed E-state index contributed by atoms with van der Waals surface area (Å²) in [7, 11) is 0. The molecule has 0 aromatic carbocycles. The number of hydrogen-bond donors (Lipinski definition) is 2. The standard InChI is InChI=1S/C13H20N4O3/c1-2-6-16-11-10(14-9-15-11)12(19)17(13(16)20)7-4-3-5-8-18/h9,18H,2-8H2,1H3,(H,14,15). The van der Waals surface area contributed by atoms with Crippen LogP contribution in [0.4, 0.5) is 0 Å². The lowest BCUT2D eigenvalue weighted by Crippen LogP contribution is -2.40. The van der Waals surface area contributed by atoms with Crippen molar-refractivity contribution in [3.63, 3.8) is 0 Å². The summed E-state index contributed by atoms with van der Waals surface area (Å²) in [4.78, 5) is 31.5. The van der Waals surface area contributed by atoms with Gasteiger partial charge in [-0.2, -0.15) is 0 Å². The van der Waals surface area contributed by atoms with Gasteiger partial charge in [0.2, 0.25) is 0 Å². The molecule has 0 fully saturated rings. The Kier molecular flexibility index (Phi) is 4.73. The smallest absolute Gasteiger partial charge is 0.332 e. The van der Waals surface area contributed by atoms with Gasteiger partial charge in [0.25, 0.3) is 5.56 Å². The molecule has 0 radical (unpaired) electrons. The predicted molar refractivity (Wildman–Crippen MR) is 75.8 cm³/mol. The second kappa shape index (κ2) is 6.51. The van der Waals surface area contributed by atoms with Gasteiger partial charge in [-0.25, -0.2) is 9.78 Å².